The second-order valence-electron chi connectivity index (χ2n) is 8.17. The van der Waals surface area contributed by atoms with Gasteiger partial charge >= 0.3 is 6.03 Å². The van der Waals surface area contributed by atoms with Crippen LogP contribution in [0.5, 0.6) is 0 Å². The third-order valence-electron chi connectivity index (χ3n) is 4.99. The molecular formula is C19H31N3O. The molecule has 0 spiro atoms. The Hall–Kier alpha value is -1.55. The lowest BCUT2D eigenvalue weighted by Crippen LogP contribution is -2.58. The number of amides is 2. The number of hydrogen-bond acceptors (Lipinski definition) is 2. The van der Waals surface area contributed by atoms with Gasteiger partial charge in [0, 0.05) is 18.1 Å². The van der Waals surface area contributed by atoms with Gasteiger partial charge in [-0.05, 0) is 50.6 Å². The average Bonchev–Trinajstić information content (AvgIpc) is 2.42. The minimum Gasteiger partial charge on any atom is -0.352 e. The Morgan fingerprint density at radius 1 is 1.26 bits per heavy atom. The monoisotopic (exact) mass is 317 g/mol. The Morgan fingerprint density at radius 3 is 2.52 bits per heavy atom. The summed E-state index contributed by atoms with van der Waals surface area (Å²) in [6.07, 6.45) is 4.11. The first-order chi connectivity index (χ1) is 10.7. The maximum absolute atomic E-state index is 11.4. The molecule has 0 aromatic heterocycles. The number of rotatable bonds is 5. The van der Waals surface area contributed by atoms with Gasteiger partial charge < -0.3 is 16.0 Å². The standard InChI is InChI=1S/C19H31N3O/c1-18(2)12-16(13-19(3,14-18)21-17(20)23)22(4)11-10-15-8-6-5-7-9-15/h5-9,16H,10-14H2,1-4H3,(H3,20,21,23). The minimum atomic E-state index is -0.420. The third-order valence-corrected chi connectivity index (χ3v) is 4.99. The zero-order chi connectivity index (χ0) is 17.1. The smallest absolute Gasteiger partial charge is 0.312 e. The predicted molar refractivity (Wildman–Crippen MR) is 95.3 cm³/mol. The van der Waals surface area contributed by atoms with Crippen LogP contribution in [0.2, 0.25) is 0 Å². The van der Waals surface area contributed by atoms with E-state index in [1.807, 2.05) is 0 Å². The fourth-order valence-corrected chi connectivity index (χ4v) is 4.27. The summed E-state index contributed by atoms with van der Waals surface area (Å²) in [7, 11) is 2.19. The molecule has 2 rings (SSSR count). The number of nitrogens with zero attached hydrogens (tertiary/aromatic N) is 1. The molecule has 1 aromatic carbocycles. The van der Waals surface area contributed by atoms with Gasteiger partial charge in [0.1, 0.15) is 0 Å². The van der Waals surface area contributed by atoms with Crippen LogP contribution >= 0.6 is 0 Å². The van der Waals surface area contributed by atoms with Crippen molar-refractivity contribution in [1.29, 1.82) is 0 Å². The molecule has 1 aromatic rings. The first-order valence-electron chi connectivity index (χ1n) is 8.51. The summed E-state index contributed by atoms with van der Waals surface area (Å²) < 4.78 is 0. The highest BCUT2D eigenvalue weighted by atomic mass is 16.2. The summed E-state index contributed by atoms with van der Waals surface area (Å²) in [6.45, 7) is 7.71. The molecule has 2 unspecified atom stereocenters. The number of likely N-dealkylation sites (N-methyl/N-ethyl adjacent to an activating group) is 1. The maximum atomic E-state index is 11.4. The number of primary amides is 1. The van der Waals surface area contributed by atoms with Crippen molar-refractivity contribution in [2.75, 3.05) is 13.6 Å². The van der Waals surface area contributed by atoms with E-state index in [1.54, 1.807) is 0 Å². The highest BCUT2D eigenvalue weighted by molar-refractivity contribution is 5.72. The van der Waals surface area contributed by atoms with Crippen LogP contribution in [-0.4, -0.2) is 36.1 Å². The van der Waals surface area contributed by atoms with Crippen LogP contribution in [-0.2, 0) is 6.42 Å². The van der Waals surface area contributed by atoms with Gasteiger partial charge in [-0.2, -0.15) is 0 Å². The van der Waals surface area contributed by atoms with Gasteiger partial charge in [0.05, 0.1) is 0 Å². The third kappa shape index (κ3) is 5.24. The topological polar surface area (TPSA) is 58.4 Å². The molecule has 0 bridgehead atoms. The number of nitrogens with one attached hydrogen (secondary N) is 1. The number of hydrogen-bond donors (Lipinski definition) is 2. The first kappa shape index (κ1) is 17.8. The Labute approximate surface area is 140 Å². The lowest BCUT2D eigenvalue weighted by Gasteiger charge is -2.49. The van der Waals surface area contributed by atoms with Gasteiger partial charge in [0.2, 0.25) is 0 Å². The number of carbonyl (C=O) groups excluding carboxylic acids is 1. The van der Waals surface area contributed by atoms with Gasteiger partial charge in [-0.15, -0.1) is 0 Å². The van der Waals surface area contributed by atoms with E-state index in [2.05, 4.69) is 68.4 Å². The molecular weight excluding hydrogens is 286 g/mol. The molecule has 23 heavy (non-hydrogen) atoms. The summed E-state index contributed by atoms with van der Waals surface area (Å²) in [5, 5.41) is 2.98. The molecule has 1 saturated carbocycles. The summed E-state index contributed by atoms with van der Waals surface area (Å²) in [5.41, 5.74) is 6.73. The zero-order valence-electron chi connectivity index (χ0n) is 14.9. The second kappa shape index (κ2) is 6.91. The summed E-state index contributed by atoms with van der Waals surface area (Å²) >= 11 is 0. The Morgan fingerprint density at radius 2 is 1.91 bits per heavy atom. The van der Waals surface area contributed by atoms with Crippen molar-refractivity contribution in [3.8, 4) is 0 Å². The Balaban J connectivity index is 2.00. The van der Waals surface area contributed by atoms with Crippen molar-refractivity contribution in [1.82, 2.24) is 10.2 Å². The van der Waals surface area contributed by atoms with E-state index in [9.17, 15) is 4.79 Å². The molecule has 2 amide bonds. The molecule has 3 N–H and O–H groups in total. The molecule has 4 nitrogen and oxygen atoms in total. The van der Waals surface area contributed by atoms with Crippen LogP contribution in [0, 0.1) is 5.41 Å². The van der Waals surface area contributed by atoms with Crippen LogP contribution in [0.4, 0.5) is 4.79 Å². The van der Waals surface area contributed by atoms with Crippen LogP contribution in [0.25, 0.3) is 0 Å². The second-order valence-corrected chi connectivity index (χ2v) is 8.17. The van der Waals surface area contributed by atoms with Crippen molar-refractivity contribution < 1.29 is 4.79 Å². The molecule has 0 heterocycles. The molecule has 4 heteroatoms. The van der Waals surface area contributed by atoms with Crippen LogP contribution < -0.4 is 11.1 Å². The van der Waals surface area contributed by atoms with Crippen molar-refractivity contribution >= 4 is 6.03 Å². The number of benzene rings is 1. The van der Waals surface area contributed by atoms with E-state index in [1.165, 1.54) is 5.56 Å². The molecule has 1 aliphatic rings. The fourth-order valence-electron chi connectivity index (χ4n) is 4.27. The van der Waals surface area contributed by atoms with Crippen molar-refractivity contribution in [3.63, 3.8) is 0 Å². The van der Waals surface area contributed by atoms with Gasteiger partial charge in [0.25, 0.3) is 0 Å². The van der Waals surface area contributed by atoms with E-state index in [4.69, 9.17) is 5.73 Å². The van der Waals surface area contributed by atoms with Gasteiger partial charge in [-0.1, -0.05) is 44.2 Å². The SMILES string of the molecule is CN(CCc1ccccc1)C1CC(C)(C)CC(C)(NC(N)=O)C1. The van der Waals surface area contributed by atoms with E-state index in [0.29, 0.717) is 6.04 Å². The number of urea groups is 1. The zero-order valence-corrected chi connectivity index (χ0v) is 14.9. The van der Waals surface area contributed by atoms with Crippen molar-refractivity contribution in [2.45, 2.75) is 58.0 Å². The minimum absolute atomic E-state index is 0.196. The highest BCUT2D eigenvalue weighted by Crippen LogP contribution is 2.42. The molecule has 1 aliphatic carbocycles. The number of carbonyl (C=O) groups is 1. The molecule has 0 aliphatic heterocycles. The largest absolute Gasteiger partial charge is 0.352 e. The fraction of sp³-hybridized carbons (Fsp3) is 0.632. The van der Waals surface area contributed by atoms with Gasteiger partial charge in [0.15, 0.2) is 0 Å². The number of nitrogens with two attached hydrogens (primary N) is 1. The predicted octanol–water partition coefficient (Wildman–Crippen LogP) is 3.17. The molecule has 0 radical (unpaired) electrons. The summed E-state index contributed by atoms with van der Waals surface area (Å²) in [6, 6.07) is 10.6. The van der Waals surface area contributed by atoms with E-state index >= 15 is 0 Å². The van der Waals surface area contributed by atoms with Crippen molar-refractivity contribution in [3.05, 3.63) is 35.9 Å². The van der Waals surface area contributed by atoms with Crippen LogP contribution in [0.15, 0.2) is 30.3 Å². The molecule has 1 fully saturated rings. The van der Waals surface area contributed by atoms with Crippen LogP contribution in [0.3, 0.4) is 0 Å². The van der Waals surface area contributed by atoms with Crippen LogP contribution in [0.1, 0.15) is 45.6 Å². The average molecular weight is 317 g/mol. The van der Waals surface area contributed by atoms with Crippen molar-refractivity contribution in [2.24, 2.45) is 11.1 Å². The van der Waals surface area contributed by atoms with Gasteiger partial charge in [-0.25, -0.2) is 4.79 Å². The Kier molecular flexibility index (Phi) is 5.35. The van der Waals surface area contributed by atoms with Gasteiger partial charge in [-0.3, -0.25) is 0 Å². The molecule has 128 valence electrons. The highest BCUT2D eigenvalue weighted by Gasteiger charge is 2.42. The molecule has 0 saturated heterocycles. The first-order valence-corrected chi connectivity index (χ1v) is 8.51. The lowest BCUT2D eigenvalue weighted by atomic mass is 9.66. The summed E-state index contributed by atoms with van der Waals surface area (Å²) in [4.78, 5) is 13.8. The molecule has 2 atom stereocenters. The van der Waals surface area contributed by atoms with E-state index in [-0.39, 0.29) is 11.0 Å². The Bertz CT molecular complexity index is 529. The lowest BCUT2D eigenvalue weighted by molar-refractivity contribution is 0.0562. The summed E-state index contributed by atoms with van der Waals surface area (Å²) in [5.74, 6) is 0. The van der Waals surface area contributed by atoms with E-state index < -0.39 is 6.03 Å². The normalized spacial score (nSPS) is 26.9. The quantitative estimate of drug-likeness (QED) is 0.876. The maximum Gasteiger partial charge on any atom is 0.312 e. The van der Waals surface area contributed by atoms with E-state index in [0.717, 1.165) is 32.2 Å².